The zero-order valence-electron chi connectivity index (χ0n) is 16.5. The summed E-state index contributed by atoms with van der Waals surface area (Å²) < 4.78 is 14.4. The summed E-state index contributed by atoms with van der Waals surface area (Å²) >= 11 is 0. The Morgan fingerprint density at radius 1 is 1.33 bits per heavy atom. The molecule has 3 rings (SSSR count). The fraction of sp³-hybridized carbons (Fsp3) is 0.400. The number of halogens is 1. The van der Waals surface area contributed by atoms with E-state index < -0.39 is 16.8 Å². The van der Waals surface area contributed by atoms with Gasteiger partial charge in [-0.2, -0.15) is 0 Å². The van der Waals surface area contributed by atoms with Gasteiger partial charge in [-0.15, -0.1) is 0 Å². The highest BCUT2D eigenvalue weighted by atomic mass is 19.1. The fourth-order valence-electron chi connectivity index (χ4n) is 2.81. The van der Waals surface area contributed by atoms with E-state index in [-0.39, 0.29) is 11.5 Å². The van der Waals surface area contributed by atoms with Crippen LogP contribution in [-0.4, -0.2) is 26.6 Å². The highest BCUT2D eigenvalue weighted by molar-refractivity contribution is 5.63. The predicted octanol–water partition coefficient (Wildman–Crippen LogP) is 3.01. The highest BCUT2D eigenvalue weighted by Gasteiger charge is 2.38. The lowest BCUT2D eigenvalue weighted by atomic mass is 10.0. The average molecular weight is 374 g/mol. The number of hydrogen-bond acceptors (Lipinski definition) is 5. The molecular weight excluding hydrogens is 347 g/mol. The van der Waals surface area contributed by atoms with Crippen LogP contribution in [0.15, 0.2) is 35.6 Å². The zero-order chi connectivity index (χ0) is 20.4. The quantitative estimate of drug-likeness (QED) is 0.861. The van der Waals surface area contributed by atoms with Gasteiger partial charge in [0.05, 0.1) is 17.9 Å². The molecule has 0 amide bonds. The van der Waals surface area contributed by atoms with Crippen LogP contribution in [0, 0.1) is 5.82 Å². The maximum atomic E-state index is 13.0. The van der Waals surface area contributed by atoms with E-state index in [1.165, 1.54) is 16.7 Å². The summed E-state index contributed by atoms with van der Waals surface area (Å²) in [4.78, 5) is 18.9. The van der Waals surface area contributed by atoms with Gasteiger partial charge in [-0.3, -0.25) is 14.3 Å². The van der Waals surface area contributed by atoms with Crippen LogP contribution in [0.1, 0.15) is 44.8 Å². The van der Waals surface area contributed by atoms with Crippen LogP contribution in [-0.2, 0) is 18.8 Å². The summed E-state index contributed by atoms with van der Waals surface area (Å²) in [6.45, 7) is 12.6. The van der Waals surface area contributed by atoms with Crippen LogP contribution in [0.25, 0.3) is 5.70 Å². The Hall–Kier alpha value is -2.67. The second-order valence-corrected chi connectivity index (χ2v) is 6.72. The molecule has 0 radical (unpaired) electrons. The van der Waals surface area contributed by atoms with Crippen LogP contribution in [0.4, 0.5) is 4.39 Å². The molecule has 0 unspecified atom stereocenters. The van der Waals surface area contributed by atoms with Gasteiger partial charge in [0.25, 0.3) is 5.56 Å². The zero-order valence-corrected chi connectivity index (χ0v) is 16.5. The van der Waals surface area contributed by atoms with Crippen molar-refractivity contribution in [2.45, 2.75) is 46.4 Å². The summed E-state index contributed by atoms with van der Waals surface area (Å²) in [6.07, 6.45) is 0. The van der Waals surface area contributed by atoms with Crippen LogP contribution in [0.5, 0.6) is 5.75 Å². The molecule has 0 fully saturated rings. The van der Waals surface area contributed by atoms with Gasteiger partial charge in [0.1, 0.15) is 17.3 Å². The molecule has 0 aliphatic carbocycles. The van der Waals surface area contributed by atoms with Crippen LogP contribution in [0.3, 0.4) is 0 Å². The predicted molar refractivity (Wildman–Crippen MR) is 105 cm³/mol. The lowest BCUT2D eigenvalue weighted by Gasteiger charge is -2.25. The normalized spacial score (nSPS) is 14.9. The van der Waals surface area contributed by atoms with Crippen molar-refractivity contribution in [1.29, 1.82) is 0 Å². The smallest absolute Gasteiger partial charge is 0.297 e. The van der Waals surface area contributed by atoms with Crippen molar-refractivity contribution >= 4 is 5.70 Å². The van der Waals surface area contributed by atoms with Gasteiger partial charge >= 0.3 is 0 Å². The second kappa shape index (κ2) is 7.92. The minimum absolute atomic E-state index is 0.140. The minimum atomic E-state index is -0.484. The molecule has 0 saturated carbocycles. The molecule has 0 atom stereocenters. The van der Waals surface area contributed by atoms with Gasteiger partial charge in [0.2, 0.25) is 5.75 Å². The van der Waals surface area contributed by atoms with Crippen molar-refractivity contribution in [2.24, 2.45) is 0 Å². The van der Waals surface area contributed by atoms with Gasteiger partial charge < -0.3 is 10.4 Å². The maximum absolute atomic E-state index is 13.0. The van der Waals surface area contributed by atoms with E-state index in [0.717, 1.165) is 5.56 Å². The first-order valence-corrected chi connectivity index (χ1v) is 8.95. The molecule has 1 aromatic heterocycles. The third kappa shape index (κ3) is 3.88. The van der Waals surface area contributed by atoms with Crippen molar-refractivity contribution in [3.8, 4) is 5.75 Å². The SMILES string of the molecule is C=C(NCc1ccc(F)cc1)c1nc2n(c(=O)c1O)CN(C)C2(C)C.CC. The molecule has 0 spiro atoms. The molecule has 1 aliphatic heterocycles. The van der Waals surface area contributed by atoms with Gasteiger partial charge in [0, 0.05) is 6.54 Å². The monoisotopic (exact) mass is 374 g/mol. The third-order valence-electron chi connectivity index (χ3n) is 4.71. The van der Waals surface area contributed by atoms with E-state index in [4.69, 9.17) is 0 Å². The summed E-state index contributed by atoms with van der Waals surface area (Å²) in [5.74, 6) is -0.149. The fourth-order valence-corrected chi connectivity index (χ4v) is 2.81. The van der Waals surface area contributed by atoms with E-state index in [9.17, 15) is 14.3 Å². The first kappa shape index (κ1) is 20.6. The summed E-state index contributed by atoms with van der Waals surface area (Å²) in [7, 11) is 1.90. The van der Waals surface area contributed by atoms with Gasteiger partial charge in [0.15, 0.2) is 0 Å². The highest BCUT2D eigenvalue weighted by Crippen LogP contribution is 2.32. The Balaban J connectivity index is 0.00000126. The Labute approximate surface area is 159 Å². The van der Waals surface area contributed by atoms with Gasteiger partial charge in [-0.05, 0) is 38.6 Å². The van der Waals surface area contributed by atoms with Gasteiger partial charge in [-0.1, -0.05) is 32.6 Å². The molecule has 1 aromatic carbocycles. The maximum Gasteiger partial charge on any atom is 0.297 e. The molecule has 2 aromatic rings. The van der Waals surface area contributed by atoms with E-state index >= 15 is 0 Å². The minimum Gasteiger partial charge on any atom is -0.501 e. The molecule has 0 saturated heterocycles. The number of nitrogens with zero attached hydrogens (tertiary/aromatic N) is 3. The molecule has 0 bridgehead atoms. The number of fused-ring (bicyclic) bond motifs is 1. The average Bonchev–Trinajstić information content (AvgIpc) is 2.88. The van der Waals surface area contributed by atoms with Crippen molar-refractivity contribution in [3.63, 3.8) is 0 Å². The van der Waals surface area contributed by atoms with Crippen molar-refractivity contribution < 1.29 is 9.50 Å². The topological polar surface area (TPSA) is 70.4 Å². The van der Waals surface area contributed by atoms with Crippen LogP contribution >= 0.6 is 0 Å². The lowest BCUT2D eigenvalue weighted by Crippen LogP contribution is -2.32. The van der Waals surface area contributed by atoms with Crippen molar-refractivity contribution in [3.05, 3.63) is 64.1 Å². The summed E-state index contributed by atoms with van der Waals surface area (Å²) in [5.41, 5.74) is 0.412. The van der Waals surface area contributed by atoms with Crippen molar-refractivity contribution in [2.75, 3.05) is 7.05 Å². The molecule has 1 aliphatic rings. The molecule has 146 valence electrons. The number of benzene rings is 1. The number of nitrogens with one attached hydrogen (secondary N) is 1. The first-order valence-electron chi connectivity index (χ1n) is 8.95. The first-order chi connectivity index (χ1) is 12.7. The van der Waals surface area contributed by atoms with Crippen LogP contribution in [0.2, 0.25) is 0 Å². The molecule has 2 N–H and O–H groups in total. The van der Waals surface area contributed by atoms with Crippen LogP contribution < -0.4 is 10.9 Å². The third-order valence-corrected chi connectivity index (χ3v) is 4.71. The molecular formula is C20H27FN4O2. The van der Waals surface area contributed by atoms with E-state index in [1.807, 2.05) is 39.6 Å². The second-order valence-electron chi connectivity index (χ2n) is 6.72. The van der Waals surface area contributed by atoms with E-state index in [1.54, 1.807) is 12.1 Å². The summed E-state index contributed by atoms with van der Waals surface area (Å²) in [6, 6.07) is 6.04. The van der Waals surface area contributed by atoms with Gasteiger partial charge in [-0.25, -0.2) is 9.37 Å². The van der Waals surface area contributed by atoms with E-state index in [2.05, 4.69) is 16.9 Å². The molecule has 27 heavy (non-hydrogen) atoms. The number of aromatic hydroxyl groups is 1. The molecule has 7 heteroatoms. The Kier molecular flexibility index (Phi) is 6.05. The van der Waals surface area contributed by atoms with Crippen molar-refractivity contribution in [1.82, 2.24) is 19.8 Å². The Bertz CT molecular complexity index is 888. The lowest BCUT2D eigenvalue weighted by molar-refractivity contribution is 0.165. The number of aromatic nitrogens is 2. The summed E-state index contributed by atoms with van der Waals surface area (Å²) in [5, 5.41) is 13.3. The largest absolute Gasteiger partial charge is 0.501 e. The Morgan fingerprint density at radius 3 is 2.52 bits per heavy atom. The number of hydrogen-bond donors (Lipinski definition) is 2. The Morgan fingerprint density at radius 2 is 1.93 bits per heavy atom. The van der Waals surface area contributed by atoms with E-state index in [0.29, 0.717) is 24.7 Å². The standard InChI is InChI=1S/C18H21FN4O2.C2H6/c1-11(20-9-12-5-7-13(19)8-6-12)14-15(24)16(25)23-10-22(4)18(2,3)17(23)21-14;1-2/h5-8,20,24H,1,9-10H2,2-4H3;1-2H3. The molecule has 6 nitrogen and oxygen atoms in total. The number of rotatable bonds is 4. The molecule has 2 heterocycles.